The molecule has 1 aromatic heterocycles. The number of likely N-dealkylation sites (N-methyl/N-ethyl adjacent to an activating group) is 1. The Morgan fingerprint density at radius 3 is 2.80 bits per heavy atom. The van der Waals surface area contributed by atoms with Gasteiger partial charge in [-0.1, -0.05) is 6.92 Å². The Kier molecular flexibility index (Phi) is 7.70. The van der Waals surface area contributed by atoms with Crippen molar-refractivity contribution in [3.63, 3.8) is 0 Å². The first-order valence-electron chi connectivity index (χ1n) is 10.4. The molecule has 0 unspecified atom stereocenters. The first-order valence-corrected chi connectivity index (χ1v) is 11.2. The number of halogens is 1. The summed E-state index contributed by atoms with van der Waals surface area (Å²) in [4.78, 5) is 33.7. The van der Waals surface area contributed by atoms with E-state index in [4.69, 9.17) is 9.47 Å². The van der Waals surface area contributed by atoms with Crippen molar-refractivity contribution in [1.82, 2.24) is 14.8 Å². The lowest BCUT2D eigenvalue weighted by molar-refractivity contribution is -0.138. The summed E-state index contributed by atoms with van der Waals surface area (Å²) in [6.07, 6.45) is 2.72. The van der Waals surface area contributed by atoms with Crippen LogP contribution in [0.2, 0.25) is 0 Å². The third kappa shape index (κ3) is 5.12. The van der Waals surface area contributed by atoms with Gasteiger partial charge in [0.05, 0.1) is 19.2 Å². The SMILES string of the molecule is C[C@H]1CN([C@@H](C)CO)C(=O)c2cc(Br)cnc2O[C@H]1CN(C)C(=O)C1CCOCC1. The van der Waals surface area contributed by atoms with E-state index in [0.29, 0.717) is 36.3 Å². The number of aromatic nitrogens is 1. The van der Waals surface area contributed by atoms with E-state index in [1.807, 2.05) is 13.8 Å². The maximum Gasteiger partial charge on any atom is 0.259 e. The average molecular weight is 484 g/mol. The quantitative estimate of drug-likeness (QED) is 0.687. The molecule has 3 rings (SSSR count). The zero-order chi connectivity index (χ0) is 21.8. The van der Waals surface area contributed by atoms with Gasteiger partial charge in [-0.3, -0.25) is 9.59 Å². The Balaban J connectivity index is 1.84. The van der Waals surface area contributed by atoms with Gasteiger partial charge in [0, 0.05) is 49.3 Å². The predicted molar refractivity (Wildman–Crippen MR) is 114 cm³/mol. The zero-order valence-corrected chi connectivity index (χ0v) is 19.3. The molecule has 2 aliphatic heterocycles. The molecule has 1 fully saturated rings. The van der Waals surface area contributed by atoms with Crippen molar-refractivity contribution in [3.8, 4) is 5.88 Å². The van der Waals surface area contributed by atoms with Crippen LogP contribution in [-0.2, 0) is 9.53 Å². The molecule has 8 nitrogen and oxygen atoms in total. The van der Waals surface area contributed by atoms with E-state index in [2.05, 4.69) is 20.9 Å². The maximum atomic E-state index is 13.1. The summed E-state index contributed by atoms with van der Waals surface area (Å²) in [5, 5.41) is 9.67. The van der Waals surface area contributed by atoms with Crippen LogP contribution in [0, 0.1) is 11.8 Å². The second kappa shape index (κ2) is 10.1. The minimum atomic E-state index is -0.341. The predicted octanol–water partition coefficient (Wildman–Crippen LogP) is 1.95. The number of hydrogen-bond donors (Lipinski definition) is 1. The van der Waals surface area contributed by atoms with Crippen LogP contribution in [-0.4, -0.2) is 83.8 Å². The van der Waals surface area contributed by atoms with E-state index < -0.39 is 0 Å². The fourth-order valence-corrected chi connectivity index (χ4v) is 4.24. The molecule has 9 heteroatoms. The molecule has 166 valence electrons. The van der Waals surface area contributed by atoms with Crippen molar-refractivity contribution in [2.24, 2.45) is 11.8 Å². The lowest BCUT2D eigenvalue weighted by Crippen LogP contribution is -2.51. The molecule has 3 atom stereocenters. The van der Waals surface area contributed by atoms with Crippen LogP contribution in [0.1, 0.15) is 37.0 Å². The monoisotopic (exact) mass is 483 g/mol. The van der Waals surface area contributed by atoms with Crippen molar-refractivity contribution < 1.29 is 24.2 Å². The van der Waals surface area contributed by atoms with E-state index in [-0.39, 0.29) is 48.3 Å². The largest absolute Gasteiger partial charge is 0.472 e. The molecule has 3 heterocycles. The first-order chi connectivity index (χ1) is 14.3. The lowest BCUT2D eigenvalue weighted by atomic mass is 9.97. The molecule has 0 spiro atoms. The number of fused-ring (bicyclic) bond motifs is 1. The minimum Gasteiger partial charge on any atom is -0.472 e. The van der Waals surface area contributed by atoms with Gasteiger partial charge in [0.2, 0.25) is 11.8 Å². The number of amides is 2. The number of nitrogens with zero attached hydrogens (tertiary/aromatic N) is 3. The van der Waals surface area contributed by atoms with Crippen LogP contribution in [0.3, 0.4) is 0 Å². The second-order valence-electron chi connectivity index (χ2n) is 8.23. The van der Waals surface area contributed by atoms with E-state index in [1.54, 1.807) is 29.1 Å². The van der Waals surface area contributed by atoms with Crippen LogP contribution in [0.15, 0.2) is 16.7 Å². The number of pyridine rings is 1. The molecule has 1 saturated heterocycles. The Morgan fingerprint density at radius 2 is 2.13 bits per heavy atom. The van der Waals surface area contributed by atoms with Crippen molar-refractivity contribution in [1.29, 1.82) is 0 Å². The number of carbonyl (C=O) groups excluding carboxylic acids is 2. The van der Waals surface area contributed by atoms with Gasteiger partial charge in [-0.2, -0.15) is 0 Å². The summed E-state index contributed by atoms with van der Waals surface area (Å²) >= 11 is 3.37. The Hall–Kier alpha value is -1.71. The zero-order valence-electron chi connectivity index (χ0n) is 17.7. The number of hydrogen-bond acceptors (Lipinski definition) is 6. The van der Waals surface area contributed by atoms with Crippen molar-refractivity contribution in [3.05, 3.63) is 22.3 Å². The second-order valence-corrected chi connectivity index (χ2v) is 9.15. The third-order valence-electron chi connectivity index (χ3n) is 5.89. The van der Waals surface area contributed by atoms with Crippen molar-refractivity contribution in [2.45, 2.75) is 38.8 Å². The standard InChI is InChI=1S/C21H30BrN3O5/c1-13-10-25(14(2)12-26)21(28)17-8-16(22)9-23-19(17)30-18(13)11-24(3)20(27)15-4-6-29-7-5-15/h8-9,13-15,18,26H,4-7,10-12H2,1-3H3/t13-,14-,18-/m0/s1. The normalized spacial score (nSPS) is 23.8. The Morgan fingerprint density at radius 1 is 1.43 bits per heavy atom. The van der Waals surface area contributed by atoms with Crippen molar-refractivity contribution >= 4 is 27.7 Å². The van der Waals surface area contributed by atoms with Crippen LogP contribution in [0.25, 0.3) is 0 Å². The summed E-state index contributed by atoms with van der Waals surface area (Å²) in [6, 6.07) is 1.35. The Bertz CT molecular complexity index is 771. The van der Waals surface area contributed by atoms with Gasteiger partial charge in [-0.15, -0.1) is 0 Å². The molecular weight excluding hydrogens is 454 g/mol. The molecule has 2 aliphatic rings. The van der Waals surface area contributed by atoms with Gasteiger partial charge < -0.3 is 24.4 Å². The number of rotatable bonds is 5. The van der Waals surface area contributed by atoms with Crippen LogP contribution in [0.4, 0.5) is 0 Å². The molecule has 1 N–H and O–H groups in total. The summed E-state index contributed by atoms with van der Waals surface area (Å²) in [7, 11) is 1.79. The molecular formula is C21H30BrN3O5. The molecule has 0 bridgehead atoms. The van der Waals surface area contributed by atoms with Crippen molar-refractivity contribution in [2.75, 3.05) is 40.0 Å². The molecule has 30 heavy (non-hydrogen) atoms. The topological polar surface area (TPSA) is 92.2 Å². The summed E-state index contributed by atoms with van der Waals surface area (Å²) in [5.74, 6) is 0.0313. The van der Waals surface area contributed by atoms with Gasteiger partial charge in [-0.05, 0) is 41.8 Å². The summed E-state index contributed by atoms with van der Waals surface area (Å²) < 4.78 is 12.2. The number of ether oxygens (including phenoxy) is 2. The van der Waals surface area contributed by atoms with Gasteiger partial charge in [0.1, 0.15) is 11.7 Å². The van der Waals surface area contributed by atoms with Crippen LogP contribution < -0.4 is 4.74 Å². The summed E-state index contributed by atoms with van der Waals surface area (Å²) in [5.41, 5.74) is 0.347. The number of aliphatic hydroxyl groups excluding tert-OH is 1. The highest BCUT2D eigenvalue weighted by Crippen LogP contribution is 2.29. The molecule has 1 aromatic rings. The minimum absolute atomic E-state index is 0.0264. The fourth-order valence-electron chi connectivity index (χ4n) is 3.91. The van der Waals surface area contributed by atoms with E-state index >= 15 is 0 Å². The highest BCUT2D eigenvalue weighted by Gasteiger charge is 2.35. The van der Waals surface area contributed by atoms with Crippen LogP contribution in [0.5, 0.6) is 5.88 Å². The Labute approximate surface area is 185 Å². The van der Waals surface area contributed by atoms with Gasteiger partial charge >= 0.3 is 0 Å². The molecule has 0 radical (unpaired) electrons. The van der Waals surface area contributed by atoms with Gasteiger partial charge in [-0.25, -0.2) is 4.98 Å². The lowest BCUT2D eigenvalue weighted by Gasteiger charge is -2.38. The first kappa shape index (κ1) is 23.0. The van der Waals surface area contributed by atoms with E-state index in [1.165, 1.54) is 0 Å². The highest BCUT2D eigenvalue weighted by atomic mass is 79.9. The third-order valence-corrected chi connectivity index (χ3v) is 6.32. The maximum absolute atomic E-state index is 13.1. The summed E-state index contributed by atoms with van der Waals surface area (Å²) in [6.45, 7) is 5.70. The smallest absolute Gasteiger partial charge is 0.259 e. The number of aliphatic hydroxyl groups is 1. The number of carbonyl (C=O) groups is 2. The van der Waals surface area contributed by atoms with Gasteiger partial charge in [0.15, 0.2) is 0 Å². The average Bonchev–Trinajstić information content (AvgIpc) is 2.76. The molecule has 0 aromatic carbocycles. The fraction of sp³-hybridized carbons (Fsp3) is 0.667. The van der Waals surface area contributed by atoms with E-state index in [0.717, 1.165) is 12.8 Å². The highest BCUT2D eigenvalue weighted by molar-refractivity contribution is 9.10. The molecule has 2 amide bonds. The van der Waals surface area contributed by atoms with E-state index in [9.17, 15) is 14.7 Å². The molecule has 0 saturated carbocycles. The van der Waals surface area contributed by atoms with Gasteiger partial charge in [0.25, 0.3) is 5.91 Å². The van der Waals surface area contributed by atoms with Crippen LogP contribution >= 0.6 is 15.9 Å². The molecule has 0 aliphatic carbocycles.